The third-order valence-electron chi connectivity index (χ3n) is 3.18. The van der Waals surface area contributed by atoms with E-state index in [-0.39, 0.29) is 18.3 Å². The molecule has 2 amide bonds. The highest BCUT2D eigenvalue weighted by molar-refractivity contribution is 5.89. The Hall–Kier alpha value is -2.89. The minimum atomic E-state index is -0.899. The lowest BCUT2D eigenvalue weighted by Gasteiger charge is -2.08. The van der Waals surface area contributed by atoms with Crippen molar-refractivity contribution in [1.82, 2.24) is 5.32 Å². The van der Waals surface area contributed by atoms with Crippen LogP contribution in [0.15, 0.2) is 48.5 Å². The smallest absolute Gasteiger partial charge is 0.319 e. The molecule has 2 rings (SSSR count). The first-order valence-corrected chi connectivity index (χ1v) is 7.13. The number of carboxylic acid groups (broad SMARTS) is 1. The molecular weight excluding hydrogens is 299 g/mol. The average molecular weight is 316 g/mol. The summed E-state index contributed by atoms with van der Waals surface area (Å²) in [5.74, 6) is -1.19. The van der Waals surface area contributed by atoms with Crippen LogP contribution in [0.25, 0.3) is 0 Å². The number of amides is 2. The van der Waals surface area contributed by atoms with Gasteiger partial charge in [-0.3, -0.25) is 4.79 Å². The Morgan fingerprint density at radius 2 is 1.57 bits per heavy atom. The summed E-state index contributed by atoms with van der Waals surface area (Å²) in [6.45, 7) is 0.425. The van der Waals surface area contributed by atoms with Crippen molar-refractivity contribution in [3.05, 3.63) is 65.5 Å². The van der Waals surface area contributed by atoms with Crippen molar-refractivity contribution in [2.24, 2.45) is 0 Å². The van der Waals surface area contributed by atoms with Crippen LogP contribution >= 0.6 is 0 Å². The first kappa shape index (κ1) is 16.5. The fourth-order valence-electron chi connectivity index (χ4n) is 2.03. The van der Waals surface area contributed by atoms with Gasteiger partial charge in [0.15, 0.2) is 0 Å². The van der Waals surface area contributed by atoms with Gasteiger partial charge in [0.05, 0.1) is 6.42 Å². The Bertz CT molecular complexity index is 669. The molecule has 23 heavy (non-hydrogen) atoms. The van der Waals surface area contributed by atoms with Crippen molar-refractivity contribution < 1.29 is 19.1 Å². The first-order chi connectivity index (χ1) is 11.0. The van der Waals surface area contributed by atoms with Crippen molar-refractivity contribution >= 4 is 17.7 Å². The molecule has 0 aliphatic rings. The van der Waals surface area contributed by atoms with Gasteiger partial charge in [0.25, 0.3) is 0 Å². The van der Waals surface area contributed by atoms with E-state index in [4.69, 9.17) is 5.11 Å². The van der Waals surface area contributed by atoms with Gasteiger partial charge in [-0.1, -0.05) is 24.3 Å². The monoisotopic (exact) mass is 316 g/mol. The van der Waals surface area contributed by atoms with Gasteiger partial charge in [0.2, 0.25) is 0 Å². The second kappa shape index (κ2) is 7.93. The number of carboxylic acids is 1. The number of anilines is 1. The molecule has 0 aliphatic heterocycles. The van der Waals surface area contributed by atoms with E-state index in [0.717, 1.165) is 5.56 Å². The van der Waals surface area contributed by atoms with Crippen molar-refractivity contribution in [3.8, 4) is 0 Å². The van der Waals surface area contributed by atoms with Crippen molar-refractivity contribution in [2.75, 3.05) is 11.9 Å². The number of carbonyl (C=O) groups excluding carboxylic acids is 1. The number of hydrogen-bond donors (Lipinski definition) is 3. The molecule has 6 heteroatoms. The van der Waals surface area contributed by atoms with Gasteiger partial charge in [-0.2, -0.15) is 0 Å². The van der Waals surface area contributed by atoms with Gasteiger partial charge in [-0.15, -0.1) is 0 Å². The standard InChI is InChI=1S/C17H17FN2O3/c18-14-5-1-12(2-6-14)9-10-19-17(23)20-15-7-3-13(4-8-15)11-16(21)22/h1-8H,9-11H2,(H,21,22)(H2,19,20,23). The van der Waals surface area contributed by atoms with E-state index in [2.05, 4.69) is 10.6 Å². The second-order valence-corrected chi connectivity index (χ2v) is 5.02. The molecule has 2 aromatic rings. The maximum absolute atomic E-state index is 12.8. The van der Waals surface area contributed by atoms with E-state index in [1.807, 2.05) is 0 Å². The van der Waals surface area contributed by atoms with E-state index in [1.54, 1.807) is 36.4 Å². The number of hydrogen-bond acceptors (Lipinski definition) is 2. The highest BCUT2D eigenvalue weighted by Gasteiger charge is 2.03. The highest BCUT2D eigenvalue weighted by atomic mass is 19.1. The Morgan fingerprint density at radius 1 is 0.957 bits per heavy atom. The molecule has 0 saturated carbocycles. The van der Waals surface area contributed by atoms with Crippen LogP contribution in [0.4, 0.5) is 14.9 Å². The molecular formula is C17H17FN2O3. The minimum absolute atomic E-state index is 0.0514. The van der Waals surface area contributed by atoms with Crippen LogP contribution in [0, 0.1) is 5.82 Å². The van der Waals surface area contributed by atoms with Crippen LogP contribution in [0.1, 0.15) is 11.1 Å². The van der Waals surface area contributed by atoms with Crippen molar-refractivity contribution in [2.45, 2.75) is 12.8 Å². The molecule has 0 unspecified atom stereocenters. The van der Waals surface area contributed by atoms with Gasteiger partial charge < -0.3 is 15.7 Å². The molecule has 0 spiro atoms. The molecule has 0 atom stereocenters. The SMILES string of the molecule is O=C(O)Cc1ccc(NC(=O)NCCc2ccc(F)cc2)cc1. The lowest BCUT2D eigenvalue weighted by Crippen LogP contribution is -2.30. The molecule has 0 heterocycles. The van der Waals surface area contributed by atoms with Crippen LogP contribution in [0.5, 0.6) is 0 Å². The predicted octanol–water partition coefficient (Wildman–Crippen LogP) is 2.82. The number of nitrogens with one attached hydrogen (secondary N) is 2. The van der Waals surface area contributed by atoms with Crippen molar-refractivity contribution in [1.29, 1.82) is 0 Å². The summed E-state index contributed by atoms with van der Waals surface area (Å²) < 4.78 is 12.8. The molecule has 120 valence electrons. The molecule has 0 bridgehead atoms. The van der Waals surface area contributed by atoms with Gasteiger partial charge in [0, 0.05) is 12.2 Å². The van der Waals surface area contributed by atoms with E-state index >= 15 is 0 Å². The van der Waals surface area contributed by atoms with Crippen LogP contribution in [0.2, 0.25) is 0 Å². The van der Waals surface area contributed by atoms with Crippen molar-refractivity contribution in [3.63, 3.8) is 0 Å². The maximum Gasteiger partial charge on any atom is 0.319 e. The summed E-state index contributed by atoms with van der Waals surface area (Å²) in [5, 5.41) is 14.1. The summed E-state index contributed by atoms with van der Waals surface area (Å²) in [6, 6.07) is 12.4. The Kier molecular flexibility index (Phi) is 5.68. The van der Waals surface area contributed by atoms with Crippen LogP contribution < -0.4 is 10.6 Å². The summed E-state index contributed by atoms with van der Waals surface area (Å²) in [7, 11) is 0. The summed E-state index contributed by atoms with van der Waals surface area (Å²) in [6.07, 6.45) is 0.551. The molecule has 2 aromatic carbocycles. The molecule has 0 aliphatic carbocycles. The maximum atomic E-state index is 12.8. The van der Waals surface area contributed by atoms with E-state index in [1.165, 1.54) is 12.1 Å². The summed E-state index contributed by atoms with van der Waals surface area (Å²) >= 11 is 0. The number of urea groups is 1. The Labute approximate surface area is 133 Å². The largest absolute Gasteiger partial charge is 0.481 e. The fourth-order valence-corrected chi connectivity index (χ4v) is 2.03. The number of benzene rings is 2. The van der Waals surface area contributed by atoms with Crippen LogP contribution in [0.3, 0.4) is 0 Å². The Balaban J connectivity index is 1.76. The second-order valence-electron chi connectivity index (χ2n) is 5.02. The normalized spacial score (nSPS) is 10.1. The van der Waals surface area contributed by atoms with E-state index in [0.29, 0.717) is 24.2 Å². The minimum Gasteiger partial charge on any atom is -0.481 e. The average Bonchev–Trinajstić information content (AvgIpc) is 2.51. The zero-order valence-electron chi connectivity index (χ0n) is 12.4. The molecule has 0 fully saturated rings. The van der Waals surface area contributed by atoms with E-state index < -0.39 is 5.97 Å². The topological polar surface area (TPSA) is 78.4 Å². The zero-order chi connectivity index (χ0) is 16.7. The van der Waals surface area contributed by atoms with E-state index in [9.17, 15) is 14.0 Å². The molecule has 3 N–H and O–H groups in total. The molecule has 0 aromatic heterocycles. The number of aliphatic carboxylic acids is 1. The number of rotatable bonds is 6. The van der Waals surface area contributed by atoms with Gasteiger partial charge >= 0.3 is 12.0 Å². The third kappa shape index (κ3) is 5.78. The first-order valence-electron chi connectivity index (χ1n) is 7.13. The lowest BCUT2D eigenvalue weighted by atomic mass is 10.1. The van der Waals surface area contributed by atoms with Crippen LogP contribution in [-0.4, -0.2) is 23.7 Å². The quantitative estimate of drug-likeness (QED) is 0.767. The highest BCUT2D eigenvalue weighted by Crippen LogP contribution is 2.10. The van der Waals surface area contributed by atoms with Crippen LogP contribution in [-0.2, 0) is 17.6 Å². The molecule has 5 nitrogen and oxygen atoms in total. The zero-order valence-corrected chi connectivity index (χ0v) is 12.4. The Morgan fingerprint density at radius 3 is 2.17 bits per heavy atom. The summed E-state index contributed by atoms with van der Waals surface area (Å²) in [5.41, 5.74) is 2.18. The number of halogens is 1. The molecule has 0 radical (unpaired) electrons. The van der Waals surface area contributed by atoms with Gasteiger partial charge in [-0.25, -0.2) is 9.18 Å². The molecule has 0 saturated heterocycles. The summed E-state index contributed by atoms with van der Waals surface area (Å²) in [4.78, 5) is 22.3. The predicted molar refractivity (Wildman–Crippen MR) is 84.9 cm³/mol. The third-order valence-corrected chi connectivity index (χ3v) is 3.18. The van der Waals surface area contributed by atoms with Gasteiger partial charge in [0.1, 0.15) is 5.82 Å². The van der Waals surface area contributed by atoms with Gasteiger partial charge in [-0.05, 0) is 41.8 Å². The lowest BCUT2D eigenvalue weighted by molar-refractivity contribution is -0.136. The fraction of sp³-hybridized carbons (Fsp3) is 0.176. The number of carbonyl (C=O) groups is 2.